The van der Waals surface area contributed by atoms with Gasteiger partial charge in [0.2, 0.25) is 0 Å². The lowest BCUT2D eigenvalue weighted by molar-refractivity contribution is -0.112. The molecule has 1 N–H and O–H groups in total. The van der Waals surface area contributed by atoms with Crippen molar-refractivity contribution in [2.75, 3.05) is 5.32 Å². The zero-order chi connectivity index (χ0) is 23.5. The van der Waals surface area contributed by atoms with Crippen LogP contribution in [-0.2, 0) is 11.8 Å². The molecule has 0 aliphatic heterocycles. The van der Waals surface area contributed by atoms with Crippen molar-refractivity contribution in [2.45, 2.75) is 6.92 Å². The molecule has 0 aliphatic carbocycles. The minimum atomic E-state index is -0.709. The Morgan fingerprint density at radius 2 is 1.79 bits per heavy atom. The van der Waals surface area contributed by atoms with Crippen LogP contribution in [-0.4, -0.2) is 15.3 Å². The maximum atomic E-state index is 13.0. The van der Waals surface area contributed by atoms with Gasteiger partial charge in [0.05, 0.1) is 16.4 Å². The van der Waals surface area contributed by atoms with Crippen molar-refractivity contribution < 1.29 is 9.21 Å². The van der Waals surface area contributed by atoms with Crippen LogP contribution >= 0.6 is 11.6 Å². The summed E-state index contributed by atoms with van der Waals surface area (Å²) in [6.07, 6.45) is 1.32. The summed E-state index contributed by atoms with van der Waals surface area (Å²) in [5, 5.41) is 12.7. The van der Waals surface area contributed by atoms with E-state index in [-0.39, 0.29) is 11.3 Å². The van der Waals surface area contributed by atoms with Crippen molar-refractivity contribution in [3.05, 3.63) is 99.1 Å². The van der Waals surface area contributed by atoms with E-state index in [0.717, 1.165) is 0 Å². The van der Waals surface area contributed by atoms with E-state index in [4.69, 9.17) is 16.0 Å². The first-order valence-electron chi connectivity index (χ1n) is 10.0. The van der Waals surface area contributed by atoms with Crippen LogP contribution < -0.4 is 10.9 Å². The number of carbonyl (C=O) groups excluding carboxylic acids is 1. The number of rotatable bonds is 5. The Bertz CT molecular complexity index is 1470. The maximum Gasteiger partial charge on any atom is 0.295 e. The summed E-state index contributed by atoms with van der Waals surface area (Å²) < 4.78 is 8.84. The average molecular weight is 459 g/mol. The molecule has 0 saturated carbocycles. The summed E-state index contributed by atoms with van der Waals surface area (Å²) in [6.45, 7) is 1.72. The van der Waals surface area contributed by atoms with Gasteiger partial charge in [-0.05, 0) is 43.3 Å². The minimum Gasteiger partial charge on any atom is -0.457 e. The maximum absolute atomic E-state index is 13.0. The fourth-order valence-electron chi connectivity index (χ4n) is 3.42. The third kappa shape index (κ3) is 4.25. The van der Waals surface area contributed by atoms with Crippen LogP contribution in [0.3, 0.4) is 0 Å². The molecule has 7 nitrogen and oxygen atoms in total. The van der Waals surface area contributed by atoms with Gasteiger partial charge in [-0.3, -0.25) is 14.3 Å². The average Bonchev–Trinajstić information content (AvgIpc) is 3.37. The van der Waals surface area contributed by atoms with E-state index < -0.39 is 11.5 Å². The molecule has 2 aromatic heterocycles. The number of nitriles is 1. The van der Waals surface area contributed by atoms with E-state index >= 15 is 0 Å². The number of hydrogen-bond acceptors (Lipinski definition) is 4. The van der Waals surface area contributed by atoms with Crippen LogP contribution in [0.2, 0.25) is 5.02 Å². The predicted molar refractivity (Wildman–Crippen MR) is 127 cm³/mol. The predicted octanol–water partition coefficient (Wildman–Crippen LogP) is 4.94. The monoisotopic (exact) mass is 458 g/mol. The molecule has 0 aliphatic rings. The first kappa shape index (κ1) is 21.9. The SMILES string of the molecule is Cc1c(NC(=O)/C(C#N)=C/c2ccc(-c3ccccc3Cl)o2)c(=O)n(-c2ccccc2)n1C. The molecule has 4 rings (SSSR count). The minimum absolute atomic E-state index is 0.101. The van der Waals surface area contributed by atoms with Gasteiger partial charge in [0.15, 0.2) is 0 Å². The van der Waals surface area contributed by atoms with Gasteiger partial charge < -0.3 is 9.73 Å². The molecular weight excluding hydrogens is 440 g/mol. The van der Waals surface area contributed by atoms with Crippen LogP contribution in [0.4, 0.5) is 5.69 Å². The van der Waals surface area contributed by atoms with E-state index in [1.54, 1.807) is 49.0 Å². The third-order valence-electron chi connectivity index (χ3n) is 5.21. The number of para-hydroxylation sites is 1. The number of nitrogens with one attached hydrogen (secondary N) is 1. The van der Waals surface area contributed by atoms with Gasteiger partial charge in [0.1, 0.15) is 28.9 Å². The van der Waals surface area contributed by atoms with Crippen LogP contribution in [0.1, 0.15) is 11.5 Å². The fourth-order valence-corrected chi connectivity index (χ4v) is 3.65. The largest absolute Gasteiger partial charge is 0.457 e. The van der Waals surface area contributed by atoms with Crippen molar-refractivity contribution in [3.8, 4) is 23.1 Å². The fraction of sp³-hybridized carbons (Fsp3) is 0.0800. The van der Waals surface area contributed by atoms with Gasteiger partial charge in [-0.15, -0.1) is 0 Å². The molecule has 0 bridgehead atoms. The summed E-state index contributed by atoms with van der Waals surface area (Å²) in [4.78, 5) is 25.8. The second kappa shape index (κ2) is 9.07. The Morgan fingerprint density at radius 1 is 1.09 bits per heavy atom. The van der Waals surface area contributed by atoms with Crippen molar-refractivity contribution in [3.63, 3.8) is 0 Å². The highest BCUT2D eigenvalue weighted by molar-refractivity contribution is 6.33. The van der Waals surface area contributed by atoms with Gasteiger partial charge in [-0.25, -0.2) is 4.68 Å². The highest BCUT2D eigenvalue weighted by Gasteiger charge is 2.20. The quantitative estimate of drug-likeness (QED) is 0.338. The number of halogens is 1. The lowest BCUT2D eigenvalue weighted by Gasteiger charge is -2.07. The summed E-state index contributed by atoms with van der Waals surface area (Å²) in [5.74, 6) is 0.108. The number of benzene rings is 2. The van der Waals surface area contributed by atoms with E-state index in [1.165, 1.54) is 10.8 Å². The molecule has 33 heavy (non-hydrogen) atoms. The van der Waals surface area contributed by atoms with E-state index in [9.17, 15) is 14.9 Å². The van der Waals surface area contributed by atoms with Crippen LogP contribution in [0.15, 0.2) is 81.5 Å². The van der Waals surface area contributed by atoms with Gasteiger partial charge in [0.25, 0.3) is 11.5 Å². The molecule has 0 unspecified atom stereocenters. The summed E-state index contributed by atoms with van der Waals surface area (Å²) >= 11 is 6.20. The smallest absolute Gasteiger partial charge is 0.295 e. The van der Waals surface area contributed by atoms with Crippen LogP contribution in [0.25, 0.3) is 23.1 Å². The molecule has 8 heteroatoms. The molecule has 2 heterocycles. The topological polar surface area (TPSA) is 93.0 Å². The van der Waals surface area contributed by atoms with E-state index in [0.29, 0.717) is 33.5 Å². The molecule has 0 atom stereocenters. The molecular formula is C25H19ClN4O3. The third-order valence-corrected chi connectivity index (χ3v) is 5.54. The highest BCUT2D eigenvalue weighted by Crippen LogP contribution is 2.29. The van der Waals surface area contributed by atoms with E-state index in [1.807, 2.05) is 42.5 Å². The van der Waals surface area contributed by atoms with Gasteiger partial charge in [-0.1, -0.05) is 41.9 Å². The van der Waals surface area contributed by atoms with Crippen molar-refractivity contribution in [1.82, 2.24) is 9.36 Å². The second-order valence-electron chi connectivity index (χ2n) is 7.24. The zero-order valence-corrected chi connectivity index (χ0v) is 18.6. The van der Waals surface area contributed by atoms with Crippen molar-refractivity contribution in [1.29, 1.82) is 5.26 Å². The number of nitrogens with zero attached hydrogens (tertiary/aromatic N) is 3. The first-order valence-corrected chi connectivity index (χ1v) is 10.4. The molecule has 164 valence electrons. The summed E-state index contributed by atoms with van der Waals surface area (Å²) in [6, 6.07) is 21.5. The second-order valence-corrected chi connectivity index (χ2v) is 7.65. The molecule has 0 spiro atoms. The van der Waals surface area contributed by atoms with Gasteiger partial charge in [-0.2, -0.15) is 5.26 Å². The summed E-state index contributed by atoms with van der Waals surface area (Å²) in [7, 11) is 1.72. The summed E-state index contributed by atoms with van der Waals surface area (Å²) in [5.41, 5.74) is 1.41. The first-order chi connectivity index (χ1) is 15.9. The number of hydrogen-bond donors (Lipinski definition) is 1. The Kier molecular flexibility index (Phi) is 6.03. The van der Waals surface area contributed by atoms with Crippen molar-refractivity contribution in [2.24, 2.45) is 7.05 Å². The van der Waals surface area contributed by atoms with Crippen LogP contribution in [0, 0.1) is 18.3 Å². The number of carbonyl (C=O) groups is 1. The normalized spacial score (nSPS) is 11.3. The van der Waals surface area contributed by atoms with Gasteiger partial charge >= 0.3 is 0 Å². The Morgan fingerprint density at radius 3 is 2.48 bits per heavy atom. The Hall–Kier alpha value is -4.28. The molecule has 1 amide bonds. The molecule has 0 fully saturated rings. The lowest BCUT2D eigenvalue weighted by atomic mass is 10.2. The molecule has 0 radical (unpaired) electrons. The molecule has 4 aromatic rings. The molecule has 0 saturated heterocycles. The Balaban J connectivity index is 1.63. The number of amides is 1. The zero-order valence-electron chi connectivity index (χ0n) is 17.9. The number of anilines is 1. The van der Waals surface area contributed by atoms with Crippen LogP contribution in [0.5, 0.6) is 0 Å². The number of aromatic nitrogens is 2. The van der Waals surface area contributed by atoms with E-state index in [2.05, 4.69) is 5.32 Å². The molecule has 2 aromatic carbocycles. The van der Waals surface area contributed by atoms with Crippen molar-refractivity contribution >= 4 is 29.3 Å². The highest BCUT2D eigenvalue weighted by atomic mass is 35.5. The number of furan rings is 1. The standard InChI is InChI=1S/C25H19ClN4O3/c1-16-23(25(32)30(29(16)2)18-8-4-3-5-9-18)28-24(31)17(15-27)14-19-12-13-22(33-19)20-10-6-7-11-21(20)26/h3-14H,1-2H3,(H,28,31)/b17-14+. The Labute approximate surface area is 194 Å². The lowest BCUT2D eigenvalue weighted by Crippen LogP contribution is -2.23. The van der Waals surface area contributed by atoms with Gasteiger partial charge in [0, 0.05) is 18.7 Å².